The zero-order valence-corrected chi connectivity index (χ0v) is 12.5. The molecular formula is C10H16N2O4S2. The highest BCUT2D eigenvalue weighted by molar-refractivity contribution is 7.94. The summed E-state index contributed by atoms with van der Waals surface area (Å²) in [6.07, 6.45) is 0. The molecule has 0 bridgehead atoms. The highest BCUT2D eigenvalue weighted by Crippen LogP contribution is 2.32. The first kappa shape index (κ1) is 14.9. The number of aromatic nitrogens is 1. The van der Waals surface area contributed by atoms with Crippen LogP contribution in [0.5, 0.6) is 0 Å². The molecule has 0 amide bonds. The summed E-state index contributed by atoms with van der Waals surface area (Å²) >= 11 is 0.872. The smallest absolute Gasteiger partial charge is 0.340 e. The predicted molar refractivity (Wildman–Crippen MR) is 70.9 cm³/mol. The fraction of sp³-hybridized carbons (Fsp3) is 0.600. The Morgan fingerprint density at radius 1 is 1.39 bits per heavy atom. The van der Waals surface area contributed by atoms with Gasteiger partial charge in [0.1, 0.15) is 10.6 Å². The summed E-state index contributed by atoms with van der Waals surface area (Å²) in [5.41, 5.74) is 0.258. The van der Waals surface area contributed by atoms with E-state index in [1.807, 2.05) is 0 Å². The molecule has 6 nitrogen and oxygen atoms in total. The summed E-state index contributed by atoms with van der Waals surface area (Å²) in [5.74, 6) is -1.17. The van der Waals surface area contributed by atoms with Gasteiger partial charge in [-0.1, -0.05) is 0 Å². The van der Waals surface area contributed by atoms with E-state index >= 15 is 0 Å². The van der Waals surface area contributed by atoms with E-state index in [2.05, 4.69) is 4.37 Å². The van der Waals surface area contributed by atoms with Crippen molar-refractivity contribution in [1.82, 2.24) is 4.37 Å². The lowest BCUT2D eigenvalue weighted by molar-refractivity contribution is 0.0697. The van der Waals surface area contributed by atoms with Crippen LogP contribution in [0.3, 0.4) is 0 Å². The van der Waals surface area contributed by atoms with Crippen molar-refractivity contribution in [2.45, 2.75) is 32.4 Å². The average molecular weight is 292 g/mol. The van der Waals surface area contributed by atoms with Crippen molar-refractivity contribution in [2.75, 3.05) is 11.4 Å². The Morgan fingerprint density at radius 3 is 2.28 bits per heavy atom. The van der Waals surface area contributed by atoms with Crippen LogP contribution in [0.15, 0.2) is 0 Å². The van der Waals surface area contributed by atoms with Crippen molar-refractivity contribution in [3.8, 4) is 0 Å². The Labute approximate surface area is 110 Å². The van der Waals surface area contributed by atoms with Gasteiger partial charge in [0, 0.05) is 7.05 Å². The Morgan fingerprint density at radius 2 is 1.89 bits per heavy atom. The third-order valence-corrected chi connectivity index (χ3v) is 6.06. The normalized spacial score (nSPS) is 12.5. The van der Waals surface area contributed by atoms with Crippen LogP contribution in [0.2, 0.25) is 0 Å². The number of carboxylic acids is 1. The van der Waals surface area contributed by atoms with Gasteiger partial charge in [0.05, 0.1) is 10.4 Å². The number of nitrogens with zero attached hydrogens (tertiary/aromatic N) is 2. The first-order valence-corrected chi connectivity index (χ1v) is 7.39. The maximum Gasteiger partial charge on any atom is 0.340 e. The molecule has 0 aromatic carbocycles. The van der Waals surface area contributed by atoms with Crippen molar-refractivity contribution in [2.24, 2.45) is 0 Å². The molecule has 0 saturated heterocycles. The first-order valence-electron chi connectivity index (χ1n) is 5.18. The number of carboxylic acid groups (broad SMARTS) is 1. The zero-order valence-electron chi connectivity index (χ0n) is 10.9. The van der Waals surface area contributed by atoms with E-state index in [4.69, 9.17) is 5.11 Å². The summed E-state index contributed by atoms with van der Waals surface area (Å²) < 4.78 is 28.4. The largest absolute Gasteiger partial charge is 0.478 e. The third kappa shape index (κ3) is 2.35. The monoisotopic (exact) mass is 292 g/mol. The van der Waals surface area contributed by atoms with E-state index in [-0.39, 0.29) is 10.6 Å². The second-order valence-corrected chi connectivity index (χ2v) is 8.31. The molecule has 0 unspecified atom stereocenters. The quantitative estimate of drug-likeness (QED) is 0.916. The van der Waals surface area contributed by atoms with Gasteiger partial charge in [-0.3, -0.25) is 4.31 Å². The van der Waals surface area contributed by atoms with Crippen LogP contribution in [0.4, 0.5) is 5.00 Å². The van der Waals surface area contributed by atoms with Crippen molar-refractivity contribution in [3.05, 3.63) is 11.3 Å². The Bertz CT molecular complexity index is 569. The number of anilines is 1. The number of aryl methyl sites for hydroxylation is 1. The van der Waals surface area contributed by atoms with E-state index < -0.39 is 20.7 Å². The molecular weight excluding hydrogens is 276 g/mol. The molecule has 102 valence electrons. The second-order valence-electron chi connectivity index (χ2n) is 4.84. The summed E-state index contributed by atoms with van der Waals surface area (Å²) in [6.45, 7) is 6.23. The number of sulfonamides is 1. The van der Waals surface area contributed by atoms with Crippen LogP contribution < -0.4 is 4.31 Å². The molecule has 0 fully saturated rings. The van der Waals surface area contributed by atoms with Gasteiger partial charge in [-0.25, -0.2) is 13.2 Å². The topological polar surface area (TPSA) is 87.6 Å². The molecule has 18 heavy (non-hydrogen) atoms. The van der Waals surface area contributed by atoms with Crippen LogP contribution >= 0.6 is 11.5 Å². The third-order valence-electron chi connectivity index (χ3n) is 2.48. The summed E-state index contributed by atoms with van der Waals surface area (Å²) in [4.78, 5) is 11.1. The van der Waals surface area contributed by atoms with Gasteiger partial charge >= 0.3 is 5.97 Å². The average Bonchev–Trinajstić information content (AvgIpc) is 2.57. The predicted octanol–water partition coefficient (Wildman–Crippen LogP) is 1.71. The fourth-order valence-corrected chi connectivity index (χ4v) is 3.62. The van der Waals surface area contributed by atoms with Crippen molar-refractivity contribution in [3.63, 3.8) is 0 Å². The lowest BCUT2D eigenvalue weighted by Crippen LogP contribution is -2.41. The molecule has 1 N–H and O–H groups in total. The number of rotatable bonds is 3. The van der Waals surface area contributed by atoms with E-state index in [0.717, 1.165) is 15.8 Å². The standard InChI is InChI=1S/C10H16N2O4S2/c1-6-7(9(13)14)8(17-11-6)12(5)18(15,16)10(2,3)4/h1-5H3,(H,13,14). The van der Waals surface area contributed by atoms with Gasteiger partial charge in [-0.05, 0) is 39.2 Å². The Hall–Kier alpha value is -1.15. The molecule has 0 saturated carbocycles. The molecule has 0 radical (unpaired) electrons. The van der Waals surface area contributed by atoms with Crippen LogP contribution in [0.1, 0.15) is 36.8 Å². The Balaban J connectivity index is 3.38. The lowest BCUT2D eigenvalue weighted by atomic mass is 10.2. The molecule has 1 aromatic heterocycles. The van der Waals surface area contributed by atoms with Gasteiger partial charge in [0.25, 0.3) is 0 Å². The van der Waals surface area contributed by atoms with Crippen molar-refractivity contribution < 1.29 is 18.3 Å². The molecule has 0 aliphatic heterocycles. The number of hydrogen-bond donors (Lipinski definition) is 1. The molecule has 0 aliphatic rings. The maximum atomic E-state index is 12.2. The van der Waals surface area contributed by atoms with Crippen LogP contribution in [-0.2, 0) is 10.0 Å². The van der Waals surface area contributed by atoms with Gasteiger partial charge in [0.15, 0.2) is 0 Å². The molecule has 0 atom stereocenters. The number of carbonyl (C=O) groups is 1. The van der Waals surface area contributed by atoms with Crippen molar-refractivity contribution in [1.29, 1.82) is 0 Å². The van der Waals surface area contributed by atoms with Gasteiger partial charge in [0.2, 0.25) is 10.0 Å². The number of aromatic carboxylic acids is 1. The minimum atomic E-state index is -3.63. The highest BCUT2D eigenvalue weighted by atomic mass is 32.2. The molecule has 8 heteroatoms. The molecule has 0 spiro atoms. The van der Waals surface area contributed by atoms with Gasteiger partial charge < -0.3 is 5.11 Å². The molecule has 1 rings (SSSR count). The Kier molecular flexibility index (Phi) is 3.73. The number of hydrogen-bond acceptors (Lipinski definition) is 5. The minimum Gasteiger partial charge on any atom is -0.478 e. The van der Waals surface area contributed by atoms with E-state index in [0.29, 0.717) is 5.69 Å². The maximum absolute atomic E-state index is 12.2. The molecule has 0 aliphatic carbocycles. The summed E-state index contributed by atoms with van der Waals surface area (Å²) in [7, 11) is -2.28. The zero-order chi connectivity index (χ0) is 14.3. The van der Waals surface area contributed by atoms with Crippen molar-refractivity contribution >= 4 is 32.5 Å². The summed E-state index contributed by atoms with van der Waals surface area (Å²) in [6, 6.07) is 0. The minimum absolute atomic E-state index is 0.0599. The van der Waals surface area contributed by atoms with Gasteiger partial charge in [-0.15, -0.1) is 0 Å². The first-order chi connectivity index (χ1) is 8.00. The summed E-state index contributed by atoms with van der Waals surface area (Å²) in [5, 5.41) is 9.23. The lowest BCUT2D eigenvalue weighted by Gasteiger charge is -2.27. The van der Waals surface area contributed by atoms with Crippen LogP contribution in [0, 0.1) is 6.92 Å². The van der Waals surface area contributed by atoms with E-state index in [1.54, 1.807) is 27.7 Å². The second kappa shape index (κ2) is 4.51. The molecule has 1 heterocycles. The highest BCUT2D eigenvalue weighted by Gasteiger charge is 2.36. The van der Waals surface area contributed by atoms with Gasteiger partial charge in [-0.2, -0.15) is 4.37 Å². The van der Waals surface area contributed by atoms with E-state index in [9.17, 15) is 13.2 Å². The SMILES string of the molecule is Cc1nsc(N(C)S(=O)(=O)C(C)(C)C)c1C(=O)O. The fourth-order valence-electron chi connectivity index (χ4n) is 1.34. The van der Waals surface area contributed by atoms with Crippen LogP contribution in [0.25, 0.3) is 0 Å². The van der Waals surface area contributed by atoms with E-state index in [1.165, 1.54) is 7.05 Å². The van der Waals surface area contributed by atoms with Crippen LogP contribution in [-0.4, -0.2) is 35.7 Å². The molecule has 1 aromatic rings.